The molecule has 2 saturated heterocycles. The quantitative estimate of drug-likeness (QED) is 0.849. The molecule has 0 spiro atoms. The van der Waals surface area contributed by atoms with Gasteiger partial charge >= 0.3 is 6.09 Å². The maximum absolute atomic E-state index is 11.9. The number of carbonyl (C=O) groups excluding carboxylic acids is 1. The Bertz CT molecular complexity index is 525. The van der Waals surface area contributed by atoms with Crippen LogP contribution in [0.25, 0.3) is 0 Å². The maximum Gasteiger partial charge on any atom is 0.410 e. The van der Waals surface area contributed by atoms with Crippen molar-refractivity contribution in [2.75, 3.05) is 26.3 Å². The van der Waals surface area contributed by atoms with Gasteiger partial charge in [-0.3, -0.25) is 0 Å². The molecule has 0 aromatic carbocycles. The Labute approximate surface area is 129 Å². The average Bonchev–Trinajstić information content (AvgIpc) is 3.01. The fourth-order valence-corrected chi connectivity index (χ4v) is 2.68. The van der Waals surface area contributed by atoms with Crippen LogP contribution in [0.3, 0.4) is 0 Å². The zero-order chi connectivity index (χ0) is 15.7. The highest BCUT2D eigenvalue weighted by atomic mass is 16.6. The molecule has 0 saturated carbocycles. The van der Waals surface area contributed by atoms with Crippen LogP contribution in [0.5, 0.6) is 0 Å². The van der Waals surface area contributed by atoms with Gasteiger partial charge in [0.15, 0.2) is 5.82 Å². The van der Waals surface area contributed by atoms with Crippen molar-refractivity contribution in [3.63, 3.8) is 0 Å². The van der Waals surface area contributed by atoms with Gasteiger partial charge in [-0.1, -0.05) is 5.16 Å². The van der Waals surface area contributed by atoms with Gasteiger partial charge in [0, 0.05) is 38.0 Å². The molecule has 0 aliphatic carbocycles. The summed E-state index contributed by atoms with van der Waals surface area (Å²) in [4.78, 5) is 18.0. The molecule has 2 aliphatic rings. The van der Waals surface area contributed by atoms with E-state index in [0.29, 0.717) is 37.9 Å². The Morgan fingerprint density at radius 1 is 1.41 bits per heavy atom. The van der Waals surface area contributed by atoms with Gasteiger partial charge in [0.05, 0.1) is 6.61 Å². The summed E-state index contributed by atoms with van der Waals surface area (Å²) in [6.45, 7) is 8.41. The van der Waals surface area contributed by atoms with Crippen molar-refractivity contribution in [1.82, 2.24) is 15.0 Å². The lowest BCUT2D eigenvalue weighted by Crippen LogP contribution is -2.52. The summed E-state index contributed by atoms with van der Waals surface area (Å²) in [5.41, 5.74) is -0.451. The van der Waals surface area contributed by atoms with Crippen LogP contribution in [0.15, 0.2) is 4.52 Å². The summed E-state index contributed by atoms with van der Waals surface area (Å²) in [7, 11) is 0. The second-order valence-electron chi connectivity index (χ2n) is 7.06. The highest BCUT2D eigenvalue weighted by Gasteiger charge is 2.35. The summed E-state index contributed by atoms with van der Waals surface area (Å²) in [5.74, 6) is 2.02. The highest BCUT2D eigenvalue weighted by molar-refractivity contribution is 5.69. The number of nitrogens with zero attached hydrogens (tertiary/aromatic N) is 3. The smallest absolute Gasteiger partial charge is 0.410 e. The molecular weight excluding hydrogens is 286 g/mol. The number of hydrogen-bond acceptors (Lipinski definition) is 6. The topological polar surface area (TPSA) is 77.7 Å². The number of amides is 1. The molecule has 22 heavy (non-hydrogen) atoms. The summed E-state index contributed by atoms with van der Waals surface area (Å²) in [5, 5.41) is 4.04. The molecule has 3 heterocycles. The zero-order valence-corrected chi connectivity index (χ0v) is 13.4. The zero-order valence-electron chi connectivity index (χ0n) is 13.4. The summed E-state index contributed by atoms with van der Waals surface area (Å²) >= 11 is 0. The molecule has 1 amide bonds. The first-order valence-corrected chi connectivity index (χ1v) is 7.79. The minimum absolute atomic E-state index is 0.252. The van der Waals surface area contributed by atoms with Crippen molar-refractivity contribution in [2.45, 2.75) is 45.1 Å². The van der Waals surface area contributed by atoms with Gasteiger partial charge in [0.2, 0.25) is 5.89 Å². The normalized spacial score (nSPS) is 22.7. The summed E-state index contributed by atoms with van der Waals surface area (Å²) < 4.78 is 16.0. The van der Waals surface area contributed by atoms with E-state index in [1.807, 2.05) is 20.8 Å². The van der Waals surface area contributed by atoms with E-state index in [9.17, 15) is 4.79 Å². The van der Waals surface area contributed by atoms with Crippen LogP contribution in [0.4, 0.5) is 4.79 Å². The molecule has 1 aromatic rings. The molecule has 1 atom stereocenters. The average molecular weight is 309 g/mol. The number of likely N-dealkylation sites (tertiary alicyclic amines) is 1. The van der Waals surface area contributed by atoms with Crippen molar-refractivity contribution >= 4 is 6.09 Å². The van der Waals surface area contributed by atoms with Crippen LogP contribution < -0.4 is 0 Å². The predicted octanol–water partition coefficient (Wildman–Crippen LogP) is 1.98. The van der Waals surface area contributed by atoms with Gasteiger partial charge < -0.3 is 18.9 Å². The molecule has 2 aliphatic heterocycles. The Morgan fingerprint density at radius 2 is 2.18 bits per heavy atom. The van der Waals surface area contributed by atoms with E-state index in [2.05, 4.69) is 10.1 Å². The predicted molar refractivity (Wildman–Crippen MR) is 77.5 cm³/mol. The third-order valence-electron chi connectivity index (χ3n) is 3.85. The first-order chi connectivity index (χ1) is 10.4. The van der Waals surface area contributed by atoms with E-state index in [1.165, 1.54) is 0 Å². The lowest BCUT2D eigenvalue weighted by Gasteiger charge is -2.39. The summed E-state index contributed by atoms with van der Waals surface area (Å²) in [6, 6.07) is 0. The second-order valence-corrected chi connectivity index (χ2v) is 7.06. The van der Waals surface area contributed by atoms with E-state index in [1.54, 1.807) is 4.90 Å². The van der Waals surface area contributed by atoms with Crippen LogP contribution in [0, 0.1) is 5.92 Å². The molecule has 7 nitrogen and oxygen atoms in total. The molecule has 0 radical (unpaired) electrons. The standard InChI is InChI=1S/C15H23N3O4/c1-15(2,3)21-14(19)18-7-10(8-18)6-12-16-13(17-22-12)11-4-5-20-9-11/h10-11H,4-9H2,1-3H3. The van der Waals surface area contributed by atoms with Crippen LogP contribution in [-0.2, 0) is 15.9 Å². The molecule has 0 N–H and O–H groups in total. The van der Waals surface area contributed by atoms with Crippen LogP contribution >= 0.6 is 0 Å². The van der Waals surface area contributed by atoms with Gasteiger partial charge in [-0.05, 0) is 27.2 Å². The first kappa shape index (κ1) is 15.3. The number of carbonyl (C=O) groups is 1. The minimum atomic E-state index is -0.451. The van der Waals surface area contributed by atoms with Crippen LogP contribution in [-0.4, -0.2) is 53.0 Å². The third-order valence-corrected chi connectivity index (χ3v) is 3.85. The number of hydrogen-bond donors (Lipinski definition) is 0. The van der Waals surface area contributed by atoms with Crippen molar-refractivity contribution in [3.05, 3.63) is 11.7 Å². The molecule has 1 unspecified atom stereocenters. The van der Waals surface area contributed by atoms with Gasteiger partial charge in [-0.25, -0.2) is 4.79 Å². The molecule has 0 bridgehead atoms. The van der Waals surface area contributed by atoms with Crippen molar-refractivity contribution in [2.24, 2.45) is 5.92 Å². The van der Waals surface area contributed by atoms with Crippen molar-refractivity contribution in [1.29, 1.82) is 0 Å². The molecule has 7 heteroatoms. The van der Waals surface area contributed by atoms with E-state index in [4.69, 9.17) is 14.0 Å². The van der Waals surface area contributed by atoms with E-state index in [-0.39, 0.29) is 12.0 Å². The fourth-order valence-electron chi connectivity index (χ4n) is 2.68. The minimum Gasteiger partial charge on any atom is -0.444 e. The van der Waals surface area contributed by atoms with Gasteiger partial charge in [-0.15, -0.1) is 0 Å². The largest absolute Gasteiger partial charge is 0.444 e. The molecule has 2 fully saturated rings. The van der Waals surface area contributed by atoms with Crippen molar-refractivity contribution in [3.8, 4) is 0 Å². The lowest BCUT2D eigenvalue weighted by molar-refractivity contribution is -0.00186. The van der Waals surface area contributed by atoms with Crippen LogP contribution in [0.2, 0.25) is 0 Å². The first-order valence-electron chi connectivity index (χ1n) is 7.79. The maximum atomic E-state index is 11.9. The monoisotopic (exact) mass is 309 g/mol. The SMILES string of the molecule is CC(C)(C)OC(=O)N1CC(Cc2nc(C3CCOC3)no2)C1. The molecule has 1 aromatic heterocycles. The van der Waals surface area contributed by atoms with E-state index in [0.717, 1.165) is 18.9 Å². The Balaban J connectivity index is 1.45. The molecule has 122 valence electrons. The van der Waals surface area contributed by atoms with Gasteiger partial charge in [0.25, 0.3) is 0 Å². The number of ether oxygens (including phenoxy) is 2. The molecular formula is C15H23N3O4. The summed E-state index contributed by atoms with van der Waals surface area (Å²) in [6.07, 6.45) is 1.41. The number of rotatable bonds is 3. The van der Waals surface area contributed by atoms with Gasteiger partial charge in [0.1, 0.15) is 5.60 Å². The molecule has 3 rings (SSSR count). The van der Waals surface area contributed by atoms with Crippen molar-refractivity contribution < 1.29 is 18.8 Å². The van der Waals surface area contributed by atoms with Gasteiger partial charge in [-0.2, -0.15) is 4.98 Å². The van der Waals surface area contributed by atoms with Crippen LogP contribution in [0.1, 0.15) is 44.8 Å². The second kappa shape index (κ2) is 5.87. The Hall–Kier alpha value is -1.63. The number of aromatic nitrogens is 2. The lowest BCUT2D eigenvalue weighted by atomic mass is 9.97. The van der Waals surface area contributed by atoms with E-state index < -0.39 is 5.60 Å². The highest BCUT2D eigenvalue weighted by Crippen LogP contribution is 2.25. The van der Waals surface area contributed by atoms with E-state index >= 15 is 0 Å². The Morgan fingerprint density at radius 3 is 2.82 bits per heavy atom. The third kappa shape index (κ3) is 3.58. The Kier molecular flexibility index (Phi) is 4.08. The fraction of sp³-hybridized carbons (Fsp3) is 0.800.